The van der Waals surface area contributed by atoms with E-state index in [0.717, 1.165) is 11.1 Å². The molecule has 2 aromatic heterocycles. The van der Waals surface area contributed by atoms with E-state index in [1.807, 2.05) is 32.1 Å². The number of fused-ring (bicyclic) bond motifs is 1. The molecular formula is C24H19F2N3. The minimum absolute atomic E-state index is 0.0457. The van der Waals surface area contributed by atoms with Gasteiger partial charge in [0.1, 0.15) is 17.2 Å². The molecule has 0 aliphatic rings. The van der Waals surface area contributed by atoms with Crippen LogP contribution >= 0.6 is 0 Å². The van der Waals surface area contributed by atoms with Crippen molar-refractivity contribution in [3.63, 3.8) is 0 Å². The lowest BCUT2D eigenvalue weighted by atomic mass is 10.1. The van der Waals surface area contributed by atoms with Gasteiger partial charge >= 0.3 is 0 Å². The summed E-state index contributed by atoms with van der Waals surface area (Å²) in [7, 11) is 0. The molecule has 0 amide bonds. The molecule has 3 nitrogen and oxygen atoms in total. The Morgan fingerprint density at radius 2 is 1.76 bits per heavy atom. The minimum atomic E-state index is -0.629. The lowest BCUT2D eigenvalue weighted by Crippen LogP contribution is -2.07. The maximum Gasteiger partial charge on any atom is 0.175 e. The average molecular weight is 387 g/mol. The molecule has 2 heterocycles. The molecule has 2 aromatic carbocycles. The fraction of sp³-hybridized carbons (Fsp3) is 0.0833. The lowest BCUT2D eigenvalue weighted by molar-refractivity contribution is 0.603. The molecule has 4 aromatic rings. The van der Waals surface area contributed by atoms with Crippen molar-refractivity contribution in [2.24, 2.45) is 0 Å². The molecule has 0 N–H and O–H groups in total. The van der Waals surface area contributed by atoms with Gasteiger partial charge in [0.2, 0.25) is 0 Å². The monoisotopic (exact) mass is 387 g/mol. The molecular weight excluding hydrogens is 368 g/mol. The number of rotatable bonds is 4. The molecule has 144 valence electrons. The van der Waals surface area contributed by atoms with Crippen molar-refractivity contribution in [2.45, 2.75) is 13.8 Å². The highest BCUT2D eigenvalue weighted by atomic mass is 19.1. The number of nitrogens with zero attached hydrogens (tertiary/aromatic N) is 3. The van der Waals surface area contributed by atoms with Crippen LogP contribution in [0.5, 0.6) is 0 Å². The van der Waals surface area contributed by atoms with Gasteiger partial charge in [-0.25, -0.2) is 18.4 Å². The third kappa shape index (κ3) is 3.25. The van der Waals surface area contributed by atoms with Crippen LogP contribution in [0.2, 0.25) is 0 Å². The minimum Gasteiger partial charge on any atom is -0.244 e. The van der Waals surface area contributed by atoms with Crippen LogP contribution < -0.4 is 0 Å². The first-order valence-electron chi connectivity index (χ1n) is 9.20. The topological polar surface area (TPSA) is 30.7 Å². The zero-order chi connectivity index (χ0) is 20.5. The normalized spacial score (nSPS) is 10.9. The summed E-state index contributed by atoms with van der Waals surface area (Å²) in [6.45, 7) is 7.74. The zero-order valence-electron chi connectivity index (χ0n) is 16.2. The second kappa shape index (κ2) is 7.43. The summed E-state index contributed by atoms with van der Waals surface area (Å²) in [6, 6.07) is 13.2. The molecule has 0 saturated heterocycles. The number of aromatic nitrogens is 3. The predicted molar refractivity (Wildman–Crippen MR) is 114 cm³/mol. The van der Waals surface area contributed by atoms with Crippen molar-refractivity contribution in [1.82, 2.24) is 14.8 Å². The van der Waals surface area contributed by atoms with Gasteiger partial charge in [0, 0.05) is 16.5 Å². The SMILES string of the molecule is C=Cc1cnn(-c2c(F)c(-c3ccccc3F)nc3ccccc23)c1C=C(C)C. The second-order valence-electron chi connectivity index (χ2n) is 6.94. The number of halogens is 2. The number of benzene rings is 2. The maximum atomic E-state index is 15.8. The van der Waals surface area contributed by atoms with Crippen molar-refractivity contribution < 1.29 is 8.78 Å². The molecule has 0 bridgehead atoms. The van der Waals surface area contributed by atoms with Crippen molar-refractivity contribution in [2.75, 3.05) is 0 Å². The highest BCUT2D eigenvalue weighted by Gasteiger charge is 2.22. The fourth-order valence-corrected chi connectivity index (χ4v) is 3.33. The Morgan fingerprint density at radius 1 is 1.03 bits per heavy atom. The summed E-state index contributed by atoms with van der Waals surface area (Å²) in [4.78, 5) is 4.42. The van der Waals surface area contributed by atoms with Gasteiger partial charge in [0.05, 0.1) is 17.4 Å². The van der Waals surface area contributed by atoms with E-state index in [1.54, 1.807) is 36.5 Å². The second-order valence-corrected chi connectivity index (χ2v) is 6.94. The summed E-state index contributed by atoms with van der Waals surface area (Å²) in [6.07, 6.45) is 5.23. The van der Waals surface area contributed by atoms with Gasteiger partial charge in [0.25, 0.3) is 0 Å². The van der Waals surface area contributed by atoms with Crippen molar-refractivity contribution in [3.8, 4) is 16.9 Å². The summed E-state index contributed by atoms with van der Waals surface area (Å²) < 4.78 is 31.8. The first-order valence-corrected chi connectivity index (χ1v) is 9.20. The Labute approximate surface area is 167 Å². The zero-order valence-corrected chi connectivity index (χ0v) is 16.2. The highest BCUT2D eigenvalue weighted by Crippen LogP contribution is 2.33. The van der Waals surface area contributed by atoms with Crippen LogP contribution in [0, 0.1) is 11.6 Å². The fourth-order valence-electron chi connectivity index (χ4n) is 3.33. The van der Waals surface area contributed by atoms with Crippen LogP contribution in [-0.4, -0.2) is 14.8 Å². The van der Waals surface area contributed by atoms with Crippen LogP contribution in [0.4, 0.5) is 8.78 Å². The third-order valence-electron chi connectivity index (χ3n) is 4.63. The van der Waals surface area contributed by atoms with Gasteiger partial charge in [-0.3, -0.25) is 0 Å². The van der Waals surface area contributed by atoms with Gasteiger partial charge < -0.3 is 0 Å². The molecule has 0 aliphatic heterocycles. The average Bonchev–Trinajstić information content (AvgIpc) is 3.09. The number of allylic oxidation sites excluding steroid dienone is 1. The van der Waals surface area contributed by atoms with Gasteiger partial charge in [0.15, 0.2) is 5.82 Å². The maximum absolute atomic E-state index is 15.8. The number of para-hydroxylation sites is 1. The molecule has 0 unspecified atom stereocenters. The summed E-state index contributed by atoms with van der Waals surface area (Å²) in [5.74, 6) is -1.16. The van der Waals surface area contributed by atoms with Gasteiger partial charge in [-0.2, -0.15) is 5.10 Å². The largest absolute Gasteiger partial charge is 0.244 e. The van der Waals surface area contributed by atoms with Crippen LogP contribution in [0.15, 0.2) is 66.9 Å². The van der Waals surface area contributed by atoms with Crippen LogP contribution in [0.3, 0.4) is 0 Å². The van der Waals surface area contributed by atoms with Crippen molar-refractivity contribution in [1.29, 1.82) is 0 Å². The first kappa shape index (κ1) is 18.7. The quantitative estimate of drug-likeness (QED) is 0.404. The summed E-state index contributed by atoms with van der Waals surface area (Å²) in [5, 5.41) is 5.01. The van der Waals surface area contributed by atoms with Crippen LogP contribution in [0.25, 0.3) is 40.0 Å². The first-order chi connectivity index (χ1) is 14.0. The lowest BCUT2D eigenvalue weighted by Gasteiger charge is -2.14. The Morgan fingerprint density at radius 3 is 2.48 bits per heavy atom. The Kier molecular flexibility index (Phi) is 4.80. The molecule has 0 atom stereocenters. The molecule has 0 aliphatic carbocycles. The predicted octanol–water partition coefficient (Wildman–Crippen LogP) is 6.43. The third-order valence-corrected chi connectivity index (χ3v) is 4.63. The van der Waals surface area contributed by atoms with Crippen LogP contribution in [0.1, 0.15) is 25.1 Å². The standard InChI is InChI=1S/C24H19F2N3/c1-4-16-14-27-29(21(16)13-15(2)3)24-18-10-6-8-12-20(18)28-23(22(24)26)17-9-5-7-11-19(17)25/h4-14H,1H2,2-3H3. The van der Waals surface area contributed by atoms with Crippen molar-refractivity contribution in [3.05, 3.63) is 89.8 Å². The number of pyridine rings is 1. The van der Waals surface area contributed by atoms with E-state index < -0.39 is 11.6 Å². The summed E-state index contributed by atoms with van der Waals surface area (Å²) >= 11 is 0. The number of hydrogen-bond acceptors (Lipinski definition) is 2. The van der Waals surface area contributed by atoms with Gasteiger partial charge in [-0.1, -0.05) is 48.6 Å². The molecule has 29 heavy (non-hydrogen) atoms. The van der Waals surface area contributed by atoms with E-state index in [-0.39, 0.29) is 16.9 Å². The van der Waals surface area contributed by atoms with E-state index in [1.165, 1.54) is 16.8 Å². The van der Waals surface area contributed by atoms with Gasteiger partial charge in [-0.15, -0.1) is 0 Å². The Balaban J connectivity index is 2.12. The van der Waals surface area contributed by atoms with Gasteiger partial charge in [-0.05, 0) is 38.1 Å². The van der Waals surface area contributed by atoms with E-state index in [9.17, 15) is 4.39 Å². The molecule has 5 heteroatoms. The van der Waals surface area contributed by atoms with E-state index >= 15 is 4.39 Å². The Hall–Kier alpha value is -3.60. The summed E-state index contributed by atoms with van der Waals surface area (Å²) in [5.41, 5.74) is 3.36. The smallest absolute Gasteiger partial charge is 0.175 e. The molecule has 0 fully saturated rings. The number of hydrogen-bond donors (Lipinski definition) is 0. The van der Waals surface area contributed by atoms with E-state index in [0.29, 0.717) is 16.6 Å². The van der Waals surface area contributed by atoms with Crippen LogP contribution in [-0.2, 0) is 0 Å². The molecule has 4 rings (SSSR count). The Bertz CT molecular complexity index is 1260. The van der Waals surface area contributed by atoms with E-state index in [4.69, 9.17) is 0 Å². The van der Waals surface area contributed by atoms with E-state index in [2.05, 4.69) is 16.7 Å². The molecule has 0 saturated carbocycles. The highest BCUT2D eigenvalue weighted by molar-refractivity contribution is 5.91. The van der Waals surface area contributed by atoms with Crippen molar-refractivity contribution >= 4 is 23.1 Å². The molecule has 0 spiro atoms. The molecule has 0 radical (unpaired) electrons.